The van der Waals surface area contributed by atoms with Crippen LogP contribution in [-0.2, 0) is 14.3 Å². The zero-order valence-electron chi connectivity index (χ0n) is 13.9. The van der Waals surface area contributed by atoms with Gasteiger partial charge in [-0.2, -0.15) is 0 Å². The largest absolute Gasteiger partial charge is 0.473 e. The topological polar surface area (TPSA) is 73.8 Å². The van der Waals surface area contributed by atoms with Gasteiger partial charge in [-0.15, -0.1) is 0 Å². The molecule has 3 aliphatic rings. The maximum atomic E-state index is 12.4. The van der Waals surface area contributed by atoms with E-state index >= 15 is 0 Å². The third-order valence-electron chi connectivity index (χ3n) is 5.02. The maximum Gasteiger partial charge on any atom is 0.232 e. The Balaban J connectivity index is 1.33. The molecular weight excluding hydrogens is 310 g/mol. The van der Waals surface area contributed by atoms with E-state index in [-0.39, 0.29) is 23.5 Å². The molecular formula is C17H23N3O4. The summed E-state index contributed by atoms with van der Waals surface area (Å²) in [6.07, 6.45) is 5.87. The Bertz CT molecular complexity index is 612. The van der Waals surface area contributed by atoms with E-state index in [9.17, 15) is 4.79 Å². The van der Waals surface area contributed by atoms with Crippen molar-refractivity contribution in [2.24, 2.45) is 5.92 Å². The van der Waals surface area contributed by atoms with Crippen molar-refractivity contribution in [3.8, 4) is 5.88 Å². The number of aromatic nitrogens is 2. The summed E-state index contributed by atoms with van der Waals surface area (Å²) >= 11 is 0. The first-order valence-electron chi connectivity index (χ1n) is 8.59. The van der Waals surface area contributed by atoms with E-state index in [1.54, 1.807) is 12.4 Å². The van der Waals surface area contributed by atoms with E-state index in [0.29, 0.717) is 38.8 Å². The normalized spacial score (nSPS) is 28.6. The van der Waals surface area contributed by atoms with Crippen LogP contribution in [0.25, 0.3) is 0 Å². The van der Waals surface area contributed by atoms with Gasteiger partial charge in [0.2, 0.25) is 11.8 Å². The second-order valence-corrected chi connectivity index (χ2v) is 7.02. The van der Waals surface area contributed by atoms with Crippen molar-refractivity contribution in [2.45, 2.75) is 37.9 Å². The Labute approximate surface area is 141 Å². The van der Waals surface area contributed by atoms with Crippen LogP contribution in [0, 0.1) is 12.8 Å². The Morgan fingerprint density at radius 3 is 2.96 bits per heavy atom. The van der Waals surface area contributed by atoms with Crippen LogP contribution in [0.1, 0.15) is 25.0 Å². The molecule has 0 aromatic carbocycles. The molecule has 0 saturated carbocycles. The van der Waals surface area contributed by atoms with Gasteiger partial charge in [0.1, 0.15) is 11.7 Å². The third kappa shape index (κ3) is 3.10. The monoisotopic (exact) mass is 333 g/mol. The minimum atomic E-state index is -0.255. The van der Waals surface area contributed by atoms with Crippen LogP contribution < -0.4 is 4.74 Å². The number of aryl methyl sites for hydroxylation is 1. The molecule has 130 valence electrons. The molecule has 4 heterocycles. The van der Waals surface area contributed by atoms with Crippen molar-refractivity contribution in [3.05, 3.63) is 18.1 Å². The van der Waals surface area contributed by atoms with Crippen LogP contribution in [0.5, 0.6) is 5.88 Å². The lowest BCUT2D eigenvalue weighted by atomic mass is 9.84. The van der Waals surface area contributed by atoms with Crippen molar-refractivity contribution >= 4 is 5.91 Å². The molecule has 3 fully saturated rings. The summed E-state index contributed by atoms with van der Waals surface area (Å²) in [5, 5.41) is 0. The fourth-order valence-corrected chi connectivity index (χ4v) is 3.76. The maximum absolute atomic E-state index is 12.4. The molecule has 0 bridgehead atoms. The van der Waals surface area contributed by atoms with Gasteiger partial charge in [-0.05, 0) is 13.3 Å². The number of ether oxygens (including phenoxy) is 3. The standard InChI is InChI=1S/C17H23N3O4/c1-12-7-18-8-15(19-12)24-14-3-5-23-17(6-14)10-20(11-17)16(21)13-2-4-22-9-13/h7-8,13-14H,2-6,9-11H2,1H3/t13-,14-/m0/s1. The number of carbonyl (C=O) groups excluding carboxylic acids is 1. The SMILES string of the molecule is Cc1cncc(O[C@H]2CCOC3(C2)CN(C(=O)[C@H]2CCOC2)C3)n1. The minimum absolute atomic E-state index is 0.0283. The van der Waals surface area contributed by atoms with Crippen LogP contribution in [0.2, 0.25) is 0 Å². The summed E-state index contributed by atoms with van der Waals surface area (Å²) in [7, 11) is 0. The van der Waals surface area contributed by atoms with Gasteiger partial charge < -0.3 is 19.1 Å². The Hall–Kier alpha value is -1.73. The summed E-state index contributed by atoms with van der Waals surface area (Å²) in [4.78, 5) is 22.8. The number of rotatable bonds is 3. The lowest BCUT2D eigenvalue weighted by Crippen LogP contribution is -2.68. The van der Waals surface area contributed by atoms with Gasteiger partial charge in [-0.3, -0.25) is 9.78 Å². The van der Waals surface area contributed by atoms with Gasteiger partial charge in [-0.1, -0.05) is 0 Å². The predicted molar refractivity (Wildman–Crippen MR) is 84.6 cm³/mol. The van der Waals surface area contributed by atoms with Crippen molar-refractivity contribution in [3.63, 3.8) is 0 Å². The first-order valence-corrected chi connectivity index (χ1v) is 8.59. The smallest absolute Gasteiger partial charge is 0.232 e. The predicted octanol–water partition coefficient (Wildman–Crippen LogP) is 0.960. The molecule has 7 heteroatoms. The summed E-state index contributed by atoms with van der Waals surface area (Å²) < 4.78 is 17.3. The minimum Gasteiger partial charge on any atom is -0.473 e. The fraction of sp³-hybridized carbons (Fsp3) is 0.706. The fourth-order valence-electron chi connectivity index (χ4n) is 3.76. The van der Waals surface area contributed by atoms with Crippen LogP contribution in [0.4, 0.5) is 0 Å². The molecule has 7 nitrogen and oxygen atoms in total. The molecule has 3 aliphatic heterocycles. The highest BCUT2D eigenvalue weighted by Crippen LogP contribution is 2.36. The first-order chi connectivity index (χ1) is 11.6. The van der Waals surface area contributed by atoms with E-state index in [4.69, 9.17) is 14.2 Å². The quantitative estimate of drug-likeness (QED) is 0.820. The molecule has 0 radical (unpaired) electrons. The van der Waals surface area contributed by atoms with Gasteiger partial charge in [0.15, 0.2) is 0 Å². The highest BCUT2D eigenvalue weighted by atomic mass is 16.5. The molecule has 0 unspecified atom stereocenters. The molecule has 4 rings (SSSR count). The Morgan fingerprint density at radius 2 is 2.21 bits per heavy atom. The molecule has 2 atom stereocenters. The van der Waals surface area contributed by atoms with Crippen LogP contribution in [0.3, 0.4) is 0 Å². The van der Waals surface area contributed by atoms with Crippen molar-refractivity contribution in [1.29, 1.82) is 0 Å². The second-order valence-electron chi connectivity index (χ2n) is 7.02. The molecule has 3 saturated heterocycles. The van der Waals surface area contributed by atoms with Gasteiger partial charge in [0.05, 0.1) is 44.1 Å². The number of hydrogen-bond acceptors (Lipinski definition) is 6. The number of amides is 1. The average molecular weight is 333 g/mol. The van der Waals surface area contributed by atoms with Crippen LogP contribution in [-0.4, -0.2) is 65.4 Å². The highest BCUT2D eigenvalue weighted by Gasteiger charge is 2.51. The van der Waals surface area contributed by atoms with Crippen LogP contribution >= 0.6 is 0 Å². The van der Waals surface area contributed by atoms with E-state index in [0.717, 1.165) is 25.0 Å². The highest BCUT2D eigenvalue weighted by molar-refractivity contribution is 5.80. The first kappa shape index (κ1) is 15.8. The van der Waals surface area contributed by atoms with E-state index < -0.39 is 0 Å². The molecule has 0 N–H and O–H groups in total. The molecule has 1 spiro atoms. The second kappa shape index (κ2) is 6.29. The van der Waals surface area contributed by atoms with Gasteiger partial charge in [0, 0.05) is 25.6 Å². The average Bonchev–Trinajstić information content (AvgIpc) is 3.06. The molecule has 24 heavy (non-hydrogen) atoms. The number of likely N-dealkylation sites (tertiary alicyclic amines) is 1. The lowest BCUT2D eigenvalue weighted by Gasteiger charge is -2.53. The molecule has 1 amide bonds. The van der Waals surface area contributed by atoms with E-state index in [1.165, 1.54) is 0 Å². The number of carbonyl (C=O) groups is 1. The molecule has 1 aromatic heterocycles. The van der Waals surface area contributed by atoms with Crippen molar-refractivity contribution < 1.29 is 19.0 Å². The van der Waals surface area contributed by atoms with E-state index in [2.05, 4.69) is 9.97 Å². The van der Waals surface area contributed by atoms with Gasteiger partial charge in [-0.25, -0.2) is 4.98 Å². The number of hydrogen-bond donors (Lipinski definition) is 0. The summed E-state index contributed by atoms with van der Waals surface area (Å²) in [6.45, 7) is 5.11. The van der Waals surface area contributed by atoms with Crippen LogP contribution in [0.15, 0.2) is 12.4 Å². The zero-order valence-corrected chi connectivity index (χ0v) is 13.9. The Kier molecular flexibility index (Phi) is 4.14. The summed E-state index contributed by atoms with van der Waals surface area (Å²) in [6, 6.07) is 0. The molecule has 0 aliphatic carbocycles. The lowest BCUT2D eigenvalue weighted by molar-refractivity contribution is -0.195. The Morgan fingerprint density at radius 1 is 1.33 bits per heavy atom. The van der Waals surface area contributed by atoms with E-state index in [1.807, 2.05) is 11.8 Å². The van der Waals surface area contributed by atoms with Gasteiger partial charge in [0.25, 0.3) is 0 Å². The molecule has 1 aromatic rings. The third-order valence-corrected chi connectivity index (χ3v) is 5.02. The summed E-state index contributed by atoms with van der Waals surface area (Å²) in [5.41, 5.74) is 0.587. The van der Waals surface area contributed by atoms with Gasteiger partial charge >= 0.3 is 0 Å². The summed E-state index contributed by atoms with van der Waals surface area (Å²) in [5.74, 6) is 0.794. The zero-order chi connectivity index (χ0) is 16.6. The number of nitrogens with zero attached hydrogens (tertiary/aromatic N) is 3. The van der Waals surface area contributed by atoms with Crippen molar-refractivity contribution in [1.82, 2.24) is 14.9 Å². The van der Waals surface area contributed by atoms with Crippen molar-refractivity contribution in [2.75, 3.05) is 32.9 Å².